The number of carbonyl (C=O) groups excluding carboxylic acids is 2. The molecule has 0 saturated carbocycles. The van der Waals surface area contributed by atoms with E-state index in [0.717, 1.165) is 0 Å². The number of primary amides is 1. The number of hydrogen-bond donors (Lipinski definition) is 3. The second-order valence-corrected chi connectivity index (χ2v) is 6.17. The van der Waals surface area contributed by atoms with Crippen molar-refractivity contribution in [2.75, 3.05) is 6.67 Å². The van der Waals surface area contributed by atoms with E-state index in [0.29, 0.717) is 16.9 Å². The molecule has 1 aromatic carbocycles. The van der Waals surface area contributed by atoms with Crippen molar-refractivity contribution in [3.8, 4) is 11.3 Å². The number of alkyl halides is 3. The molecule has 2 amide bonds. The van der Waals surface area contributed by atoms with Crippen LogP contribution >= 0.6 is 23.2 Å². The summed E-state index contributed by atoms with van der Waals surface area (Å²) in [4.78, 5) is 21.1. The van der Waals surface area contributed by atoms with Gasteiger partial charge in [0.1, 0.15) is 12.8 Å². The SMILES string of the molecule is NC(=O)c1cc(-c2ccc(C(O)C(CF)NC(=O)C(Cl)Cl)cc2)on1. The molecule has 0 aliphatic carbocycles. The van der Waals surface area contributed by atoms with Crippen LogP contribution in [0, 0.1) is 0 Å². The predicted molar refractivity (Wildman–Crippen MR) is 88.8 cm³/mol. The number of nitrogens with two attached hydrogens (primary N) is 1. The van der Waals surface area contributed by atoms with Gasteiger partial charge in [-0.05, 0) is 5.56 Å². The van der Waals surface area contributed by atoms with Gasteiger partial charge in [-0.15, -0.1) is 0 Å². The maximum atomic E-state index is 13.1. The molecule has 0 aliphatic heterocycles. The molecule has 2 aromatic rings. The first kappa shape index (κ1) is 19.2. The van der Waals surface area contributed by atoms with E-state index in [4.69, 9.17) is 33.5 Å². The number of aromatic nitrogens is 1. The van der Waals surface area contributed by atoms with Crippen LogP contribution in [-0.2, 0) is 4.79 Å². The number of aliphatic hydroxyl groups excluding tert-OH is 1. The van der Waals surface area contributed by atoms with Gasteiger partial charge in [-0.25, -0.2) is 4.39 Å². The fourth-order valence-corrected chi connectivity index (χ4v) is 2.18. The molecule has 4 N–H and O–H groups in total. The minimum absolute atomic E-state index is 0.0176. The topological polar surface area (TPSA) is 118 Å². The maximum absolute atomic E-state index is 13.1. The Morgan fingerprint density at radius 1 is 1.32 bits per heavy atom. The molecule has 2 unspecified atom stereocenters. The molecular weight excluding hydrogens is 376 g/mol. The molecule has 25 heavy (non-hydrogen) atoms. The summed E-state index contributed by atoms with van der Waals surface area (Å²) in [5, 5.41) is 15.9. The third-order valence-corrected chi connectivity index (χ3v) is 3.77. The lowest BCUT2D eigenvalue weighted by Gasteiger charge is -2.22. The first-order valence-corrected chi connectivity index (χ1v) is 7.90. The fraction of sp³-hybridized carbons (Fsp3) is 0.267. The van der Waals surface area contributed by atoms with Gasteiger partial charge in [-0.3, -0.25) is 9.59 Å². The standard InChI is InChI=1S/C15H14Cl2FN3O4/c16-13(17)15(24)20-10(6-18)12(22)8-3-1-7(2-4-8)11-5-9(14(19)23)21-25-11/h1-5,10,12-13,22H,6H2,(H2,19,23)(H,20,24). The van der Waals surface area contributed by atoms with Crippen LogP contribution in [0.2, 0.25) is 0 Å². The molecule has 1 heterocycles. The predicted octanol–water partition coefficient (Wildman–Crippen LogP) is 1.73. The molecule has 0 radical (unpaired) electrons. The number of halogens is 3. The number of hydrogen-bond acceptors (Lipinski definition) is 5. The van der Waals surface area contributed by atoms with E-state index in [1.165, 1.54) is 18.2 Å². The Kier molecular flexibility index (Phi) is 6.35. The van der Waals surface area contributed by atoms with Crippen LogP contribution in [0.25, 0.3) is 11.3 Å². The van der Waals surface area contributed by atoms with Gasteiger partial charge in [-0.2, -0.15) is 0 Å². The normalized spacial score (nSPS) is 13.5. The number of nitrogens with zero attached hydrogens (tertiary/aromatic N) is 1. The van der Waals surface area contributed by atoms with Gasteiger partial charge in [0, 0.05) is 11.6 Å². The minimum Gasteiger partial charge on any atom is -0.386 e. The molecule has 2 atom stereocenters. The van der Waals surface area contributed by atoms with Crippen molar-refractivity contribution in [3.63, 3.8) is 0 Å². The van der Waals surface area contributed by atoms with Crippen LogP contribution < -0.4 is 11.1 Å². The van der Waals surface area contributed by atoms with E-state index in [1.807, 2.05) is 0 Å². The highest BCUT2D eigenvalue weighted by molar-refractivity contribution is 6.53. The van der Waals surface area contributed by atoms with Gasteiger partial charge in [0.05, 0.1) is 6.04 Å². The summed E-state index contributed by atoms with van der Waals surface area (Å²) in [5.41, 5.74) is 5.99. The van der Waals surface area contributed by atoms with Crippen LogP contribution in [0.1, 0.15) is 22.2 Å². The Hall–Kier alpha value is -2.16. The summed E-state index contributed by atoms with van der Waals surface area (Å²) in [6.07, 6.45) is -1.31. The highest BCUT2D eigenvalue weighted by Crippen LogP contribution is 2.24. The molecule has 1 aromatic heterocycles. The van der Waals surface area contributed by atoms with Gasteiger partial charge in [0.15, 0.2) is 16.3 Å². The number of benzene rings is 1. The number of aliphatic hydroxyl groups is 1. The van der Waals surface area contributed by atoms with Gasteiger partial charge < -0.3 is 20.7 Å². The molecule has 0 fully saturated rings. The largest absolute Gasteiger partial charge is 0.386 e. The number of amides is 2. The first-order chi connectivity index (χ1) is 11.8. The Balaban J connectivity index is 2.14. The molecule has 0 aliphatic rings. The van der Waals surface area contributed by atoms with Crippen molar-refractivity contribution in [1.29, 1.82) is 0 Å². The first-order valence-electron chi connectivity index (χ1n) is 7.03. The quantitative estimate of drug-likeness (QED) is 0.623. The molecule has 0 bridgehead atoms. The third-order valence-electron chi connectivity index (χ3n) is 3.37. The lowest BCUT2D eigenvalue weighted by atomic mass is 10.0. The Labute approximate surface area is 151 Å². The Morgan fingerprint density at radius 2 is 1.96 bits per heavy atom. The summed E-state index contributed by atoms with van der Waals surface area (Å²) >= 11 is 10.8. The average molecular weight is 390 g/mol. The molecule has 0 spiro atoms. The summed E-state index contributed by atoms with van der Waals surface area (Å²) in [5.74, 6) is -1.22. The monoisotopic (exact) mass is 389 g/mol. The van der Waals surface area contributed by atoms with Gasteiger partial charge >= 0.3 is 0 Å². The van der Waals surface area contributed by atoms with Crippen molar-refractivity contribution in [2.24, 2.45) is 5.73 Å². The van der Waals surface area contributed by atoms with Crippen molar-refractivity contribution in [2.45, 2.75) is 17.0 Å². The molecular formula is C15H14Cl2FN3O4. The van der Waals surface area contributed by atoms with Crippen LogP contribution in [0.15, 0.2) is 34.9 Å². The fourth-order valence-electron chi connectivity index (χ4n) is 2.05. The van der Waals surface area contributed by atoms with Crippen molar-refractivity contribution >= 4 is 35.0 Å². The zero-order valence-corrected chi connectivity index (χ0v) is 14.2. The van der Waals surface area contributed by atoms with E-state index in [-0.39, 0.29) is 5.69 Å². The Bertz CT molecular complexity index is 751. The second kappa shape index (κ2) is 8.28. The van der Waals surface area contributed by atoms with Crippen molar-refractivity contribution in [3.05, 3.63) is 41.6 Å². The zero-order valence-electron chi connectivity index (χ0n) is 12.7. The van der Waals surface area contributed by atoms with Crippen molar-refractivity contribution < 1.29 is 23.6 Å². The van der Waals surface area contributed by atoms with E-state index < -0.39 is 35.5 Å². The van der Waals surface area contributed by atoms with Crippen LogP contribution in [0.4, 0.5) is 4.39 Å². The Morgan fingerprint density at radius 3 is 2.44 bits per heavy atom. The third kappa shape index (κ3) is 4.68. The summed E-state index contributed by atoms with van der Waals surface area (Å²) in [7, 11) is 0. The number of nitrogens with one attached hydrogen (secondary N) is 1. The molecule has 134 valence electrons. The van der Waals surface area contributed by atoms with Crippen LogP contribution in [-0.4, -0.2) is 39.6 Å². The molecule has 7 nitrogen and oxygen atoms in total. The average Bonchev–Trinajstić information content (AvgIpc) is 3.09. The van der Waals surface area contributed by atoms with Gasteiger partial charge in [-0.1, -0.05) is 52.6 Å². The number of rotatable bonds is 7. The second-order valence-electron chi connectivity index (χ2n) is 5.08. The smallest absolute Gasteiger partial charge is 0.270 e. The van der Waals surface area contributed by atoms with Crippen molar-refractivity contribution in [1.82, 2.24) is 10.5 Å². The lowest BCUT2D eigenvalue weighted by Crippen LogP contribution is -2.43. The summed E-state index contributed by atoms with van der Waals surface area (Å²) < 4.78 is 18.1. The minimum atomic E-state index is -1.37. The van der Waals surface area contributed by atoms with Gasteiger partial charge in [0.25, 0.3) is 11.8 Å². The highest BCUT2D eigenvalue weighted by atomic mass is 35.5. The molecule has 0 saturated heterocycles. The van der Waals surface area contributed by atoms with E-state index in [2.05, 4.69) is 10.5 Å². The van der Waals surface area contributed by atoms with Gasteiger partial charge in [0.2, 0.25) is 0 Å². The lowest BCUT2D eigenvalue weighted by molar-refractivity contribution is -0.121. The molecule has 10 heteroatoms. The maximum Gasteiger partial charge on any atom is 0.270 e. The number of carbonyl (C=O) groups is 2. The van der Waals surface area contributed by atoms with Crippen LogP contribution in [0.5, 0.6) is 0 Å². The zero-order chi connectivity index (χ0) is 18.6. The molecule has 2 rings (SSSR count). The van der Waals surface area contributed by atoms with E-state index in [1.54, 1.807) is 12.1 Å². The summed E-state index contributed by atoms with van der Waals surface area (Å²) in [6, 6.07) is 6.35. The summed E-state index contributed by atoms with van der Waals surface area (Å²) in [6.45, 7) is -1.01. The van der Waals surface area contributed by atoms with Crippen LogP contribution in [0.3, 0.4) is 0 Å². The van der Waals surface area contributed by atoms with E-state index in [9.17, 15) is 19.1 Å². The highest BCUT2D eigenvalue weighted by Gasteiger charge is 2.25. The van der Waals surface area contributed by atoms with E-state index >= 15 is 0 Å².